The Labute approximate surface area is 138 Å². The highest BCUT2D eigenvalue weighted by molar-refractivity contribution is 5.85. The van der Waals surface area contributed by atoms with Crippen LogP contribution < -0.4 is 0 Å². The number of rotatable bonds is 2. The van der Waals surface area contributed by atoms with E-state index in [1.807, 2.05) is 0 Å². The monoisotopic (exact) mass is 304 g/mol. The summed E-state index contributed by atoms with van der Waals surface area (Å²) in [5.74, 6) is 1.12. The zero-order valence-corrected chi connectivity index (χ0v) is 14.0. The van der Waals surface area contributed by atoms with Gasteiger partial charge in [0.15, 0.2) is 0 Å². The second-order valence-corrected chi connectivity index (χ2v) is 7.95. The van der Waals surface area contributed by atoms with Gasteiger partial charge in [-0.3, -0.25) is 4.79 Å². The Balaban J connectivity index is 1.90. The molecule has 0 bridgehead atoms. The molecular formula is C22H24O. The van der Waals surface area contributed by atoms with Gasteiger partial charge in [-0.05, 0) is 35.3 Å². The Kier molecular flexibility index (Phi) is 3.23. The molecule has 23 heavy (non-hydrogen) atoms. The van der Waals surface area contributed by atoms with E-state index in [0.717, 1.165) is 19.3 Å². The van der Waals surface area contributed by atoms with Crippen molar-refractivity contribution in [1.29, 1.82) is 0 Å². The van der Waals surface area contributed by atoms with Crippen molar-refractivity contribution < 1.29 is 4.79 Å². The lowest BCUT2D eigenvalue weighted by atomic mass is 9.39. The minimum atomic E-state index is -0.00718. The van der Waals surface area contributed by atoms with Crippen LogP contribution in [0.15, 0.2) is 60.7 Å². The molecule has 0 heterocycles. The van der Waals surface area contributed by atoms with E-state index < -0.39 is 0 Å². The van der Waals surface area contributed by atoms with Crippen LogP contribution in [-0.2, 0) is 10.2 Å². The van der Waals surface area contributed by atoms with Crippen molar-refractivity contribution >= 4 is 5.78 Å². The maximum atomic E-state index is 12.5. The zero-order chi connectivity index (χ0) is 16.1. The summed E-state index contributed by atoms with van der Waals surface area (Å²) < 4.78 is 0. The van der Waals surface area contributed by atoms with Crippen LogP contribution in [0.25, 0.3) is 0 Å². The number of Topliss-reactive ketones (excluding diaryl/α,β-unsaturated/α-hetero) is 1. The van der Waals surface area contributed by atoms with Crippen LogP contribution in [0.4, 0.5) is 0 Å². The normalized spacial score (nSPS) is 27.8. The van der Waals surface area contributed by atoms with Gasteiger partial charge < -0.3 is 0 Å². The lowest BCUT2D eigenvalue weighted by Crippen LogP contribution is -2.62. The molecule has 0 aromatic heterocycles. The molecule has 0 unspecified atom stereocenters. The minimum Gasteiger partial charge on any atom is -0.299 e. The number of fused-ring (bicyclic) bond motifs is 1. The minimum absolute atomic E-state index is 0.00718. The Morgan fingerprint density at radius 2 is 1.39 bits per heavy atom. The first-order valence-electron chi connectivity index (χ1n) is 8.69. The average Bonchev–Trinajstić information content (AvgIpc) is 2.53. The quantitative estimate of drug-likeness (QED) is 0.763. The molecule has 2 fully saturated rings. The van der Waals surface area contributed by atoms with Crippen LogP contribution in [0.5, 0.6) is 0 Å². The van der Waals surface area contributed by atoms with Crippen molar-refractivity contribution in [3.63, 3.8) is 0 Å². The Morgan fingerprint density at radius 1 is 0.870 bits per heavy atom. The van der Waals surface area contributed by atoms with Crippen molar-refractivity contribution in [2.45, 2.75) is 38.5 Å². The molecule has 2 aromatic carbocycles. The van der Waals surface area contributed by atoms with E-state index in [4.69, 9.17) is 0 Å². The molecule has 2 saturated carbocycles. The molecule has 2 aliphatic rings. The van der Waals surface area contributed by atoms with Crippen LogP contribution in [0.1, 0.15) is 44.2 Å². The number of carbonyl (C=O) groups excluding carboxylic acids is 1. The fraction of sp³-hybridized carbons (Fsp3) is 0.409. The number of hydrogen-bond acceptors (Lipinski definition) is 1. The van der Waals surface area contributed by atoms with Crippen LogP contribution >= 0.6 is 0 Å². The topological polar surface area (TPSA) is 17.1 Å². The summed E-state index contributed by atoms with van der Waals surface area (Å²) in [4.78, 5) is 12.5. The fourth-order valence-corrected chi connectivity index (χ4v) is 5.30. The van der Waals surface area contributed by atoms with Gasteiger partial charge in [0.2, 0.25) is 0 Å². The molecule has 1 nitrogen and oxygen atoms in total. The first-order chi connectivity index (χ1) is 11.1. The van der Waals surface area contributed by atoms with E-state index in [2.05, 4.69) is 74.5 Å². The van der Waals surface area contributed by atoms with Crippen LogP contribution in [0.3, 0.4) is 0 Å². The second kappa shape index (κ2) is 5.06. The maximum absolute atomic E-state index is 12.5. The van der Waals surface area contributed by atoms with Gasteiger partial charge in [0, 0.05) is 17.8 Å². The van der Waals surface area contributed by atoms with E-state index in [1.165, 1.54) is 11.1 Å². The Hall–Kier alpha value is -1.89. The highest BCUT2D eigenvalue weighted by Crippen LogP contribution is 2.66. The van der Waals surface area contributed by atoms with Gasteiger partial charge in [0.25, 0.3) is 0 Å². The van der Waals surface area contributed by atoms with Gasteiger partial charge in [-0.25, -0.2) is 0 Å². The summed E-state index contributed by atoms with van der Waals surface area (Å²) in [6.07, 6.45) is 2.73. The third-order valence-corrected chi connectivity index (χ3v) is 6.32. The van der Waals surface area contributed by atoms with Crippen molar-refractivity contribution in [2.24, 2.45) is 17.3 Å². The van der Waals surface area contributed by atoms with Gasteiger partial charge in [-0.2, -0.15) is 0 Å². The number of hydrogen-bond donors (Lipinski definition) is 0. The molecule has 0 aliphatic heterocycles. The molecular weight excluding hydrogens is 280 g/mol. The molecule has 0 radical (unpaired) electrons. The molecule has 0 N–H and O–H groups in total. The first-order valence-corrected chi connectivity index (χ1v) is 8.69. The third-order valence-electron chi connectivity index (χ3n) is 6.32. The molecule has 2 atom stereocenters. The highest BCUT2D eigenvalue weighted by Gasteiger charge is 2.64. The Bertz CT molecular complexity index is 675. The SMILES string of the molecule is CC1(C)CCC(=O)[C@@H]2CC(c3ccccc3)(c3ccccc3)[C@H]21. The standard InChI is InChI=1S/C22H24O/c1-21(2)14-13-19(23)18-15-22(20(18)21,16-9-5-3-6-10-16)17-11-7-4-8-12-17/h3-12,18,20H,13-15H2,1-2H3/t18-,20+/m0/s1. The lowest BCUT2D eigenvalue weighted by Gasteiger charge is -2.63. The van der Waals surface area contributed by atoms with E-state index in [0.29, 0.717) is 11.7 Å². The van der Waals surface area contributed by atoms with Gasteiger partial charge in [0.1, 0.15) is 5.78 Å². The molecule has 2 aromatic rings. The van der Waals surface area contributed by atoms with E-state index in [1.54, 1.807) is 0 Å². The summed E-state index contributed by atoms with van der Waals surface area (Å²) in [7, 11) is 0. The van der Waals surface area contributed by atoms with Crippen molar-refractivity contribution in [3.8, 4) is 0 Å². The summed E-state index contributed by atoms with van der Waals surface area (Å²) >= 11 is 0. The molecule has 4 rings (SSSR count). The summed E-state index contributed by atoms with van der Waals surface area (Å²) in [5.41, 5.74) is 2.93. The van der Waals surface area contributed by atoms with Crippen LogP contribution in [0.2, 0.25) is 0 Å². The predicted molar refractivity (Wildman–Crippen MR) is 93.3 cm³/mol. The Morgan fingerprint density at radius 3 is 1.91 bits per heavy atom. The van der Waals surface area contributed by atoms with Crippen LogP contribution in [0, 0.1) is 17.3 Å². The highest BCUT2D eigenvalue weighted by atomic mass is 16.1. The van der Waals surface area contributed by atoms with Crippen molar-refractivity contribution in [2.75, 3.05) is 0 Å². The van der Waals surface area contributed by atoms with E-state index in [-0.39, 0.29) is 16.7 Å². The fourth-order valence-electron chi connectivity index (χ4n) is 5.30. The largest absolute Gasteiger partial charge is 0.299 e. The molecule has 1 heteroatoms. The van der Waals surface area contributed by atoms with Gasteiger partial charge >= 0.3 is 0 Å². The summed E-state index contributed by atoms with van der Waals surface area (Å²) in [6.45, 7) is 4.72. The molecule has 0 spiro atoms. The van der Waals surface area contributed by atoms with Gasteiger partial charge in [-0.1, -0.05) is 74.5 Å². The van der Waals surface area contributed by atoms with Crippen molar-refractivity contribution in [1.82, 2.24) is 0 Å². The predicted octanol–water partition coefficient (Wildman–Crippen LogP) is 5.00. The van der Waals surface area contributed by atoms with Gasteiger partial charge in [0.05, 0.1) is 0 Å². The summed E-state index contributed by atoms with van der Waals surface area (Å²) in [5, 5.41) is 0. The van der Waals surface area contributed by atoms with Gasteiger partial charge in [-0.15, -0.1) is 0 Å². The lowest BCUT2D eigenvalue weighted by molar-refractivity contribution is -0.147. The van der Waals surface area contributed by atoms with E-state index in [9.17, 15) is 4.79 Å². The average molecular weight is 304 g/mol. The second-order valence-electron chi connectivity index (χ2n) is 7.95. The molecule has 0 saturated heterocycles. The number of ketones is 1. The molecule has 2 aliphatic carbocycles. The molecule has 0 amide bonds. The first kappa shape index (κ1) is 14.7. The van der Waals surface area contributed by atoms with Crippen molar-refractivity contribution in [3.05, 3.63) is 71.8 Å². The smallest absolute Gasteiger partial charge is 0.136 e. The maximum Gasteiger partial charge on any atom is 0.136 e. The van der Waals surface area contributed by atoms with Crippen LogP contribution in [-0.4, -0.2) is 5.78 Å². The number of benzene rings is 2. The summed E-state index contributed by atoms with van der Waals surface area (Å²) in [6, 6.07) is 21.7. The molecule has 118 valence electrons. The number of carbonyl (C=O) groups is 1. The third kappa shape index (κ3) is 2.02. The zero-order valence-electron chi connectivity index (χ0n) is 14.0. The van der Waals surface area contributed by atoms with E-state index >= 15 is 0 Å².